The van der Waals surface area contributed by atoms with E-state index in [0.29, 0.717) is 12.2 Å². The third-order valence-electron chi connectivity index (χ3n) is 3.62. The average molecular weight is 300 g/mol. The first kappa shape index (κ1) is 18.4. The Labute approximate surface area is 134 Å². The van der Waals surface area contributed by atoms with Gasteiger partial charge in [0.1, 0.15) is 6.10 Å². The zero-order valence-electron chi connectivity index (χ0n) is 13.8. The van der Waals surface area contributed by atoms with Crippen molar-refractivity contribution in [1.29, 1.82) is 0 Å². The minimum Gasteiger partial charge on any atom is -0.365 e. The maximum absolute atomic E-state index is 12.7. The molecule has 0 unspecified atom stereocenters. The van der Waals surface area contributed by atoms with Crippen LogP contribution in [-0.4, -0.2) is 18.5 Å². The third kappa shape index (κ3) is 5.98. The van der Waals surface area contributed by atoms with Crippen molar-refractivity contribution < 1.29 is 9.53 Å². The monoisotopic (exact) mass is 300 g/mol. The number of unbranched alkanes of at least 4 members (excludes halogenated alkanes) is 1. The second-order valence-corrected chi connectivity index (χ2v) is 5.43. The Hall–Kier alpha value is -1.67. The molecule has 2 heteroatoms. The lowest BCUT2D eigenvalue weighted by molar-refractivity contribution is 0.0339. The Kier molecular flexibility index (Phi) is 9.17. The number of Topliss-reactive ketones (excluding diaryl/α,β-unsaturated/α-hetero) is 1. The Morgan fingerprint density at radius 2 is 1.91 bits per heavy atom. The van der Waals surface area contributed by atoms with Crippen LogP contribution in [0.2, 0.25) is 0 Å². The van der Waals surface area contributed by atoms with Crippen LogP contribution in [0.4, 0.5) is 0 Å². The number of hydrogen-bond acceptors (Lipinski definition) is 2. The molecule has 1 aromatic rings. The maximum atomic E-state index is 12.7. The summed E-state index contributed by atoms with van der Waals surface area (Å²) < 4.78 is 5.90. The Bertz CT molecular complexity index is 462. The van der Waals surface area contributed by atoms with Gasteiger partial charge in [-0.25, -0.2) is 0 Å². The van der Waals surface area contributed by atoms with Gasteiger partial charge in [0, 0.05) is 11.5 Å². The van der Waals surface area contributed by atoms with E-state index in [9.17, 15) is 4.79 Å². The van der Waals surface area contributed by atoms with Crippen molar-refractivity contribution in [3.05, 3.63) is 60.7 Å². The summed E-state index contributed by atoms with van der Waals surface area (Å²) in [4.78, 5) is 12.7. The second kappa shape index (κ2) is 11.0. The number of carbonyl (C=O) groups is 1. The van der Waals surface area contributed by atoms with Crippen LogP contribution in [0.25, 0.3) is 0 Å². The predicted octanol–water partition coefficient (Wildman–Crippen LogP) is 5.21. The van der Waals surface area contributed by atoms with Crippen LogP contribution >= 0.6 is 0 Å². The van der Waals surface area contributed by atoms with Gasteiger partial charge >= 0.3 is 0 Å². The lowest BCUT2D eigenvalue weighted by Crippen LogP contribution is -2.32. The topological polar surface area (TPSA) is 26.3 Å². The molecule has 0 aliphatic rings. The normalized spacial score (nSPS) is 13.9. The van der Waals surface area contributed by atoms with E-state index in [1.807, 2.05) is 42.5 Å². The van der Waals surface area contributed by atoms with Crippen LogP contribution < -0.4 is 0 Å². The van der Waals surface area contributed by atoms with Crippen molar-refractivity contribution in [1.82, 2.24) is 0 Å². The van der Waals surface area contributed by atoms with E-state index in [0.717, 1.165) is 25.7 Å². The van der Waals surface area contributed by atoms with Gasteiger partial charge in [0.05, 0.1) is 6.61 Å². The van der Waals surface area contributed by atoms with E-state index in [1.54, 1.807) is 0 Å². The fourth-order valence-electron chi connectivity index (χ4n) is 2.40. The molecule has 0 amide bonds. The van der Waals surface area contributed by atoms with Gasteiger partial charge in [-0.15, -0.1) is 6.58 Å². The zero-order chi connectivity index (χ0) is 16.2. The highest BCUT2D eigenvalue weighted by atomic mass is 16.5. The molecule has 0 bridgehead atoms. The average Bonchev–Trinajstić information content (AvgIpc) is 2.57. The van der Waals surface area contributed by atoms with Crippen LogP contribution in [0.15, 0.2) is 55.1 Å². The first-order valence-corrected chi connectivity index (χ1v) is 8.23. The van der Waals surface area contributed by atoms with Crippen LogP contribution in [0.3, 0.4) is 0 Å². The summed E-state index contributed by atoms with van der Waals surface area (Å²) in [6, 6.07) is 9.37. The zero-order valence-corrected chi connectivity index (χ0v) is 13.8. The lowest BCUT2D eigenvalue weighted by Gasteiger charge is -2.23. The molecular weight excluding hydrogens is 272 g/mol. The molecule has 1 aromatic carbocycles. The van der Waals surface area contributed by atoms with E-state index >= 15 is 0 Å². The fraction of sp³-hybridized carbons (Fsp3) is 0.450. The summed E-state index contributed by atoms with van der Waals surface area (Å²) in [5.74, 6) is 0.0973. The van der Waals surface area contributed by atoms with Gasteiger partial charge in [0.2, 0.25) is 0 Å². The van der Waals surface area contributed by atoms with Gasteiger partial charge < -0.3 is 4.74 Å². The molecule has 22 heavy (non-hydrogen) atoms. The number of ketones is 1. The highest BCUT2D eigenvalue weighted by Crippen LogP contribution is 2.20. The molecule has 0 fully saturated rings. The Balaban J connectivity index is 2.81. The molecule has 2 atom stereocenters. The van der Waals surface area contributed by atoms with Crippen LogP contribution in [0.1, 0.15) is 49.9 Å². The Morgan fingerprint density at radius 3 is 2.50 bits per heavy atom. The molecular formula is C20H28O2. The van der Waals surface area contributed by atoms with Crippen molar-refractivity contribution in [2.75, 3.05) is 6.61 Å². The number of carbonyl (C=O) groups excluding carboxylic acids is 1. The molecule has 2 nitrogen and oxygen atoms in total. The number of allylic oxidation sites excluding steroid dienone is 1. The summed E-state index contributed by atoms with van der Waals surface area (Å²) in [5.41, 5.74) is 0.702. The van der Waals surface area contributed by atoms with Crippen LogP contribution in [-0.2, 0) is 4.74 Å². The molecule has 0 saturated heterocycles. The highest BCUT2D eigenvalue weighted by molar-refractivity contribution is 5.99. The SMILES string of the molecule is C=C[C@H](CCC)[C@H](OC/C=C/CCC)C(=O)c1ccccc1. The summed E-state index contributed by atoms with van der Waals surface area (Å²) in [6.45, 7) is 8.61. The van der Waals surface area contributed by atoms with Gasteiger partial charge in [-0.3, -0.25) is 4.79 Å². The van der Waals surface area contributed by atoms with Gasteiger partial charge in [0.15, 0.2) is 5.78 Å². The molecule has 0 heterocycles. The first-order valence-electron chi connectivity index (χ1n) is 8.23. The van der Waals surface area contributed by atoms with Crippen LogP contribution in [0, 0.1) is 5.92 Å². The molecule has 0 N–H and O–H groups in total. The summed E-state index contributed by atoms with van der Waals surface area (Å²) >= 11 is 0. The molecule has 0 saturated carbocycles. The molecule has 0 spiro atoms. The van der Waals surface area contributed by atoms with E-state index in [1.165, 1.54) is 0 Å². The standard InChI is InChI=1S/C20H28O2/c1-4-7-8-12-16-22-20(17(6-3)13-5-2)19(21)18-14-10-9-11-15-18/h6,8-12,14-15,17,20H,3-5,7,13,16H2,1-2H3/b12-8+/t17-,20+/m1/s1. The van der Waals surface area contributed by atoms with Crippen molar-refractivity contribution in [2.24, 2.45) is 5.92 Å². The minimum atomic E-state index is -0.453. The summed E-state index contributed by atoms with van der Waals surface area (Å²) in [7, 11) is 0. The Morgan fingerprint density at radius 1 is 1.18 bits per heavy atom. The largest absolute Gasteiger partial charge is 0.365 e. The van der Waals surface area contributed by atoms with Crippen molar-refractivity contribution in [3.63, 3.8) is 0 Å². The van der Waals surface area contributed by atoms with Crippen molar-refractivity contribution >= 4 is 5.78 Å². The molecule has 0 aliphatic heterocycles. The minimum absolute atomic E-state index is 0.0443. The number of benzene rings is 1. The molecule has 0 aromatic heterocycles. The number of hydrogen-bond donors (Lipinski definition) is 0. The number of rotatable bonds is 11. The first-order chi connectivity index (χ1) is 10.7. The van der Waals surface area contributed by atoms with Gasteiger partial charge in [0.25, 0.3) is 0 Å². The molecule has 120 valence electrons. The maximum Gasteiger partial charge on any atom is 0.192 e. The van der Waals surface area contributed by atoms with E-state index < -0.39 is 6.10 Å². The van der Waals surface area contributed by atoms with Crippen molar-refractivity contribution in [3.8, 4) is 0 Å². The van der Waals surface area contributed by atoms with Crippen molar-refractivity contribution in [2.45, 2.75) is 45.6 Å². The fourth-order valence-corrected chi connectivity index (χ4v) is 2.40. The quantitative estimate of drug-likeness (QED) is 0.414. The summed E-state index contributed by atoms with van der Waals surface area (Å²) in [5, 5.41) is 0. The predicted molar refractivity (Wildman–Crippen MR) is 93.2 cm³/mol. The van der Waals surface area contributed by atoms with E-state index in [-0.39, 0.29) is 11.7 Å². The van der Waals surface area contributed by atoms with E-state index in [2.05, 4.69) is 26.5 Å². The van der Waals surface area contributed by atoms with Crippen LogP contribution in [0.5, 0.6) is 0 Å². The van der Waals surface area contributed by atoms with E-state index in [4.69, 9.17) is 4.74 Å². The highest BCUT2D eigenvalue weighted by Gasteiger charge is 2.27. The molecule has 1 rings (SSSR count). The summed E-state index contributed by atoms with van der Waals surface area (Å²) in [6.07, 6.45) is 9.58. The second-order valence-electron chi connectivity index (χ2n) is 5.43. The van der Waals surface area contributed by atoms with Gasteiger partial charge in [-0.05, 0) is 12.8 Å². The third-order valence-corrected chi connectivity index (χ3v) is 3.62. The number of ether oxygens (including phenoxy) is 1. The smallest absolute Gasteiger partial charge is 0.192 e. The van der Waals surface area contributed by atoms with Gasteiger partial charge in [-0.2, -0.15) is 0 Å². The molecule has 0 aliphatic carbocycles. The lowest BCUT2D eigenvalue weighted by atomic mass is 9.91. The molecule has 0 radical (unpaired) electrons. The van der Waals surface area contributed by atoms with Gasteiger partial charge in [-0.1, -0.05) is 75.2 Å².